The van der Waals surface area contributed by atoms with Gasteiger partial charge in [0.05, 0.1) is 5.56 Å². The molecule has 0 saturated heterocycles. The second-order valence-electron chi connectivity index (χ2n) is 7.88. The van der Waals surface area contributed by atoms with Crippen molar-refractivity contribution in [1.29, 1.82) is 5.26 Å². The molecular formula is C22H25N3OS2. The van der Waals surface area contributed by atoms with Gasteiger partial charge in [-0.15, -0.1) is 11.3 Å². The number of carbonyl (C=O) groups excluding carboxylic acids is 1. The number of amides is 1. The number of thiophene rings is 1. The number of thiocarbonyl (C=S) groups is 1. The monoisotopic (exact) mass is 411 g/mol. The van der Waals surface area contributed by atoms with E-state index in [9.17, 15) is 10.1 Å². The van der Waals surface area contributed by atoms with Crippen LogP contribution >= 0.6 is 23.6 Å². The van der Waals surface area contributed by atoms with Gasteiger partial charge in [0.15, 0.2) is 5.11 Å². The van der Waals surface area contributed by atoms with E-state index < -0.39 is 0 Å². The standard InChI is InChI=1S/C22H25N3OS2/c1-4-22(2,3)15-10-11-16-17(13-23)20(28-18(16)12-15)25-21(27)24-19(26)14-8-6-5-7-9-14/h5-9,15H,4,10-12H2,1-3H3,(H2,24,25,26,27). The summed E-state index contributed by atoms with van der Waals surface area (Å²) in [6.07, 6.45) is 4.17. The van der Waals surface area contributed by atoms with Gasteiger partial charge in [0, 0.05) is 10.4 Å². The Morgan fingerprint density at radius 1 is 1.36 bits per heavy atom. The first kappa shape index (κ1) is 20.5. The molecule has 3 rings (SSSR count). The molecule has 4 nitrogen and oxygen atoms in total. The Morgan fingerprint density at radius 2 is 2.07 bits per heavy atom. The smallest absolute Gasteiger partial charge is 0.257 e. The highest BCUT2D eigenvalue weighted by Gasteiger charge is 2.34. The minimum atomic E-state index is -0.261. The second-order valence-corrected chi connectivity index (χ2v) is 9.39. The number of nitrogens with one attached hydrogen (secondary N) is 2. The summed E-state index contributed by atoms with van der Waals surface area (Å²) < 4.78 is 0. The van der Waals surface area contributed by atoms with Crippen molar-refractivity contribution in [3.8, 4) is 6.07 Å². The van der Waals surface area contributed by atoms with Gasteiger partial charge in [-0.2, -0.15) is 5.26 Å². The van der Waals surface area contributed by atoms with Gasteiger partial charge in [-0.25, -0.2) is 0 Å². The van der Waals surface area contributed by atoms with Crippen molar-refractivity contribution < 1.29 is 4.79 Å². The van der Waals surface area contributed by atoms with Gasteiger partial charge in [0.1, 0.15) is 11.1 Å². The molecule has 1 aliphatic rings. The number of rotatable bonds is 4. The number of hydrogen-bond donors (Lipinski definition) is 2. The molecule has 1 amide bonds. The third-order valence-electron chi connectivity index (χ3n) is 5.88. The third-order valence-corrected chi connectivity index (χ3v) is 7.26. The average molecular weight is 412 g/mol. The van der Waals surface area contributed by atoms with Crippen LogP contribution in [0.3, 0.4) is 0 Å². The van der Waals surface area contributed by atoms with Crippen molar-refractivity contribution in [2.75, 3.05) is 5.32 Å². The molecule has 0 saturated carbocycles. The van der Waals surface area contributed by atoms with Gasteiger partial charge in [0.2, 0.25) is 0 Å². The van der Waals surface area contributed by atoms with E-state index in [2.05, 4.69) is 37.5 Å². The van der Waals surface area contributed by atoms with E-state index in [0.717, 1.165) is 36.2 Å². The zero-order chi connectivity index (χ0) is 20.3. The molecule has 1 atom stereocenters. The quantitative estimate of drug-likeness (QED) is 0.671. The summed E-state index contributed by atoms with van der Waals surface area (Å²) in [5, 5.41) is 16.4. The first-order valence-corrected chi connectivity index (χ1v) is 10.8. The fraction of sp³-hybridized carbons (Fsp3) is 0.409. The molecule has 1 aromatic heterocycles. The van der Waals surface area contributed by atoms with E-state index in [4.69, 9.17) is 12.2 Å². The molecule has 2 N–H and O–H groups in total. The lowest BCUT2D eigenvalue weighted by atomic mass is 9.69. The number of fused-ring (bicyclic) bond motifs is 1. The fourth-order valence-electron chi connectivity index (χ4n) is 3.65. The minimum Gasteiger partial charge on any atom is -0.323 e. The Hall–Kier alpha value is -2.23. The fourth-order valence-corrected chi connectivity index (χ4v) is 5.19. The van der Waals surface area contributed by atoms with Crippen LogP contribution in [-0.4, -0.2) is 11.0 Å². The van der Waals surface area contributed by atoms with Crippen molar-refractivity contribution in [3.05, 3.63) is 51.9 Å². The number of nitriles is 1. The molecule has 2 aromatic rings. The number of carbonyl (C=O) groups is 1. The normalized spacial score (nSPS) is 16.0. The van der Waals surface area contributed by atoms with E-state index in [1.54, 1.807) is 35.6 Å². The molecule has 28 heavy (non-hydrogen) atoms. The van der Waals surface area contributed by atoms with Gasteiger partial charge >= 0.3 is 0 Å². The van der Waals surface area contributed by atoms with Crippen LogP contribution < -0.4 is 10.6 Å². The molecule has 0 radical (unpaired) electrons. The van der Waals surface area contributed by atoms with Crippen molar-refractivity contribution in [3.63, 3.8) is 0 Å². The SMILES string of the molecule is CCC(C)(C)C1CCc2c(sc(NC(=S)NC(=O)c3ccccc3)c2C#N)C1. The molecule has 1 heterocycles. The van der Waals surface area contributed by atoms with Crippen molar-refractivity contribution in [2.45, 2.75) is 46.5 Å². The van der Waals surface area contributed by atoms with E-state index in [-0.39, 0.29) is 11.0 Å². The maximum Gasteiger partial charge on any atom is 0.257 e. The van der Waals surface area contributed by atoms with Crippen LogP contribution in [0.1, 0.15) is 60.0 Å². The van der Waals surface area contributed by atoms with E-state index >= 15 is 0 Å². The molecule has 0 bridgehead atoms. The molecule has 0 fully saturated rings. The van der Waals surface area contributed by atoms with Crippen molar-refractivity contribution in [1.82, 2.24) is 5.32 Å². The van der Waals surface area contributed by atoms with E-state index in [0.29, 0.717) is 22.5 Å². The third kappa shape index (κ3) is 4.26. The summed E-state index contributed by atoms with van der Waals surface area (Å²) >= 11 is 6.91. The Bertz CT molecular complexity index is 925. The Labute approximate surface area is 176 Å². The summed E-state index contributed by atoms with van der Waals surface area (Å²) in [6.45, 7) is 6.90. The molecule has 1 unspecified atom stereocenters. The Balaban J connectivity index is 1.74. The van der Waals surface area contributed by atoms with Crippen LogP contribution in [0, 0.1) is 22.7 Å². The van der Waals surface area contributed by atoms with Crippen LogP contribution in [0.5, 0.6) is 0 Å². The summed E-state index contributed by atoms with van der Waals surface area (Å²) in [4.78, 5) is 13.6. The molecule has 146 valence electrons. The number of benzene rings is 1. The van der Waals surface area contributed by atoms with Crippen molar-refractivity contribution in [2.24, 2.45) is 11.3 Å². The average Bonchev–Trinajstić information content (AvgIpc) is 3.04. The lowest BCUT2D eigenvalue weighted by Crippen LogP contribution is -2.34. The van der Waals surface area contributed by atoms with E-state index in [1.165, 1.54) is 4.88 Å². The van der Waals surface area contributed by atoms with Crippen molar-refractivity contribution >= 4 is 39.6 Å². The number of anilines is 1. The van der Waals surface area contributed by atoms with Crippen LogP contribution in [0.4, 0.5) is 5.00 Å². The molecule has 0 spiro atoms. The van der Waals surface area contributed by atoms with Crippen LogP contribution in [-0.2, 0) is 12.8 Å². The lowest BCUT2D eigenvalue weighted by molar-refractivity contribution is 0.0977. The van der Waals surface area contributed by atoms with Crippen LogP contribution in [0.2, 0.25) is 0 Å². The summed E-state index contributed by atoms with van der Waals surface area (Å²) in [5.74, 6) is 0.357. The Morgan fingerprint density at radius 3 is 2.71 bits per heavy atom. The van der Waals surface area contributed by atoms with Gasteiger partial charge in [-0.1, -0.05) is 45.4 Å². The molecule has 1 aliphatic carbocycles. The zero-order valence-electron chi connectivity index (χ0n) is 16.5. The molecule has 1 aromatic carbocycles. The zero-order valence-corrected chi connectivity index (χ0v) is 18.1. The first-order chi connectivity index (χ1) is 13.4. The minimum absolute atomic E-state index is 0.217. The highest BCUT2D eigenvalue weighted by molar-refractivity contribution is 7.80. The Kier molecular flexibility index (Phi) is 6.17. The van der Waals surface area contributed by atoms with E-state index in [1.807, 2.05) is 6.07 Å². The second kappa shape index (κ2) is 8.42. The van der Waals surface area contributed by atoms with Gasteiger partial charge < -0.3 is 5.32 Å². The molecule has 0 aliphatic heterocycles. The highest BCUT2D eigenvalue weighted by atomic mass is 32.1. The summed E-state index contributed by atoms with van der Waals surface area (Å²) in [5.41, 5.74) is 2.66. The van der Waals surface area contributed by atoms with Crippen LogP contribution in [0.25, 0.3) is 0 Å². The topological polar surface area (TPSA) is 64.9 Å². The molecule has 6 heteroatoms. The van der Waals surface area contributed by atoms with Gasteiger partial charge in [0.25, 0.3) is 5.91 Å². The molecular weight excluding hydrogens is 386 g/mol. The number of hydrogen-bond acceptors (Lipinski definition) is 4. The first-order valence-electron chi connectivity index (χ1n) is 9.57. The summed E-state index contributed by atoms with van der Waals surface area (Å²) in [6, 6.07) is 11.3. The maximum absolute atomic E-state index is 12.3. The lowest BCUT2D eigenvalue weighted by Gasteiger charge is -2.36. The summed E-state index contributed by atoms with van der Waals surface area (Å²) in [7, 11) is 0. The van der Waals surface area contributed by atoms with Gasteiger partial charge in [-0.3, -0.25) is 10.1 Å². The maximum atomic E-state index is 12.3. The predicted octanol–water partition coefficient (Wildman–Crippen LogP) is 5.29. The van der Waals surface area contributed by atoms with Crippen LogP contribution in [0.15, 0.2) is 30.3 Å². The van der Waals surface area contributed by atoms with Gasteiger partial charge in [-0.05, 0) is 60.5 Å². The highest BCUT2D eigenvalue weighted by Crippen LogP contribution is 2.45. The largest absolute Gasteiger partial charge is 0.323 e. The predicted molar refractivity (Wildman–Crippen MR) is 119 cm³/mol. The number of nitrogens with zero attached hydrogens (tertiary/aromatic N) is 1.